The van der Waals surface area contributed by atoms with Crippen molar-refractivity contribution >= 4 is 10.9 Å². The predicted molar refractivity (Wildman–Crippen MR) is 67.4 cm³/mol. The van der Waals surface area contributed by atoms with E-state index in [1.165, 1.54) is 4.57 Å². The van der Waals surface area contributed by atoms with Gasteiger partial charge in [-0.1, -0.05) is 25.5 Å². The minimum Gasteiger partial charge on any atom is -0.477 e. The number of aryl methyl sites for hydroxylation is 1. The third-order valence-corrected chi connectivity index (χ3v) is 2.72. The molecule has 0 aliphatic rings. The van der Waals surface area contributed by atoms with Crippen molar-refractivity contribution in [3.05, 3.63) is 34.7 Å². The standard InChI is InChI=1S/C13H16N2O2/c1-3-4-9-17-12-10-7-5-6-8-11(10)15(2)13(16)14-12/h5-8H,3-4,9H2,1-2H3. The molecule has 0 aliphatic heterocycles. The number of nitrogens with zero attached hydrogens (tertiary/aromatic N) is 2. The molecule has 90 valence electrons. The Balaban J connectivity index is 2.48. The van der Waals surface area contributed by atoms with Crippen molar-refractivity contribution in [3.63, 3.8) is 0 Å². The van der Waals surface area contributed by atoms with Gasteiger partial charge in [-0.3, -0.25) is 4.57 Å². The minimum atomic E-state index is -0.282. The molecular formula is C13H16N2O2. The van der Waals surface area contributed by atoms with Crippen LogP contribution in [0.4, 0.5) is 0 Å². The summed E-state index contributed by atoms with van der Waals surface area (Å²) in [6.07, 6.45) is 2.02. The summed E-state index contributed by atoms with van der Waals surface area (Å²) >= 11 is 0. The van der Waals surface area contributed by atoms with Crippen LogP contribution >= 0.6 is 0 Å². The van der Waals surface area contributed by atoms with Gasteiger partial charge in [0.1, 0.15) is 0 Å². The molecule has 4 nitrogen and oxygen atoms in total. The van der Waals surface area contributed by atoms with E-state index in [-0.39, 0.29) is 5.69 Å². The Kier molecular flexibility index (Phi) is 3.42. The summed E-state index contributed by atoms with van der Waals surface area (Å²) in [6.45, 7) is 2.69. The molecule has 1 aromatic heterocycles. The fourth-order valence-corrected chi connectivity index (χ4v) is 1.70. The van der Waals surface area contributed by atoms with Crippen LogP contribution < -0.4 is 10.4 Å². The summed E-state index contributed by atoms with van der Waals surface area (Å²) in [5.41, 5.74) is 0.564. The van der Waals surface area contributed by atoms with E-state index in [0.29, 0.717) is 12.5 Å². The maximum atomic E-state index is 11.7. The predicted octanol–water partition coefficient (Wildman–Crippen LogP) is 2.11. The number of unbranched alkanes of at least 4 members (excludes halogenated alkanes) is 1. The second kappa shape index (κ2) is 4.99. The molecule has 1 aromatic carbocycles. The average Bonchev–Trinajstić information content (AvgIpc) is 2.36. The molecule has 0 unspecified atom stereocenters. The molecule has 0 atom stereocenters. The lowest BCUT2D eigenvalue weighted by atomic mass is 10.2. The SMILES string of the molecule is CCCCOc1nc(=O)n(C)c2ccccc12. The van der Waals surface area contributed by atoms with Gasteiger partial charge < -0.3 is 4.74 Å². The van der Waals surface area contributed by atoms with Gasteiger partial charge in [-0.2, -0.15) is 4.98 Å². The van der Waals surface area contributed by atoms with Gasteiger partial charge in [0.2, 0.25) is 5.88 Å². The lowest BCUT2D eigenvalue weighted by molar-refractivity contribution is 0.300. The van der Waals surface area contributed by atoms with Crippen LogP contribution in [0.2, 0.25) is 0 Å². The van der Waals surface area contributed by atoms with Gasteiger partial charge >= 0.3 is 5.69 Å². The van der Waals surface area contributed by atoms with Crippen LogP contribution in [0.15, 0.2) is 29.1 Å². The van der Waals surface area contributed by atoms with Gasteiger partial charge in [0, 0.05) is 7.05 Å². The highest BCUT2D eigenvalue weighted by molar-refractivity contribution is 5.83. The average molecular weight is 232 g/mol. The highest BCUT2D eigenvalue weighted by atomic mass is 16.5. The Morgan fingerprint density at radius 2 is 2.12 bits per heavy atom. The van der Waals surface area contributed by atoms with E-state index < -0.39 is 0 Å². The van der Waals surface area contributed by atoms with Crippen molar-refractivity contribution in [2.24, 2.45) is 7.05 Å². The van der Waals surface area contributed by atoms with Crippen LogP contribution in [0, 0.1) is 0 Å². The molecule has 17 heavy (non-hydrogen) atoms. The molecule has 0 bridgehead atoms. The monoisotopic (exact) mass is 232 g/mol. The van der Waals surface area contributed by atoms with Gasteiger partial charge in [-0.05, 0) is 18.6 Å². The third-order valence-electron chi connectivity index (χ3n) is 2.72. The molecule has 0 spiro atoms. The Labute approximate surface area is 99.9 Å². The molecule has 0 saturated carbocycles. The first-order valence-corrected chi connectivity index (χ1v) is 5.82. The van der Waals surface area contributed by atoms with Crippen molar-refractivity contribution in [1.82, 2.24) is 9.55 Å². The van der Waals surface area contributed by atoms with Crippen molar-refractivity contribution in [1.29, 1.82) is 0 Å². The number of benzene rings is 1. The molecule has 0 radical (unpaired) electrons. The largest absolute Gasteiger partial charge is 0.477 e. The van der Waals surface area contributed by atoms with Crippen molar-refractivity contribution in [2.75, 3.05) is 6.61 Å². The number of fused-ring (bicyclic) bond motifs is 1. The molecule has 1 heterocycles. The lowest BCUT2D eigenvalue weighted by Gasteiger charge is -2.09. The number of para-hydroxylation sites is 1. The molecule has 0 saturated heterocycles. The fraction of sp³-hybridized carbons (Fsp3) is 0.385. The number of aromatic nitrogens is 2. The summed E-state index contributed by atoms with van der Waals surface area (Å²) in [6, 6.07) is 7.63. The van der Waals surface area contributed by atoms with E-state index in [4.69, 9.17) is 4.74 Å². The first-order valence-electron chi connectivity index (χ1n) is 5.82. The highest BCUT2D eigenvalue weighted by Gasteiger charge is 2.08. The molecule has 0 aliphatic carbocycles. The van der Waals surface area contributed by atoms with Crippen molar-refractivity contribution in [3.8, 4) is 5.88 Å². The topological polar surface area (TPSA) is 44.1 Å². The zero-order valence-corrected chi connectivity index (χ0v) is 10.1. The Morgan fingerprint density at radius 1 is 1.35 bits per heavy atom. The maximum absolute atomic E-state index is 11.7. The van der Waals surface area contributed by atoms with Crippen molar-refractivity contribution in [2.45, 2.75) is 19.8 Å². The molecule has 0 fully saturated rings. The zero-order chi connectivity index (χ0) is 12.3. The highest BCUT2D eigenvalue weighted by Crippen LogP contribution is 2.20. The number of hydrogen-bond donors (Lipinski definition) is 0. The first-order chi connectivity index (χ1) is 8.24. The van der Waals surface area contributed by atoms with Crippen LogP contribution in [-0.4, -0.2) is 16.2 Å². The second-order valence-electron chi connectivity index (χ2n) is 3.98. The first kappa shape index (κ1) is 11.6. The van der Waals surface area contributed by atoms with Crippen LogP contribution in [0.25, 0.3) is 10.9 Å². The van der Waals surface area contributed by atoms with E-state index in [0.717, 1.165) is 23.7 Å². The molecule has 4 heteroatoms. The molecule has 2 aromatic rings. The Hall–Kier alpha value is -1.84. The number of hydrogen-bond acceptors (Lipinski definition) is 3. The van der Waals surface area contributed by atoms with Crippen molar-refractivity contribution < 1.29 is 4.74 Å². The van der Waals surface area contributed by atoms with E-state index in [9.17, 15) is 4.79 Å². The summed E-state index contributed by atoms with van der Waals surface area (Å²) in [5.74, 6) is 0.442. The van der Waals surface area contributed by atoms with E-state index in [2.05, 4.69) is 11.9 Å². The third kappa shape index (κ3) is 2.30. The van der Waals surface area contributed by atoms with Crippen LogP contribution in [-0.2, 0) is 7.05 Å². The quantitative estimate of drug-likeness (QED) is 0.758. The number of ether oxygens (including phenoxy) is 1. The van der Waals surface area contributed by atoms with E-state index >= 15 is 0 Å². The molecular weight excluding hydrogens is 216 g/mol. The second-order valence-corrected chi connectivity index (χ2v) is 3.98. The normalized spacial score (nSPS) is 10.7. The van der Waals surface area contributed by atoms with Gasteiger partial charge in [0.25, 0.3) is 0 Å². The zero-order valence-electron chi connectivity index (χ0n) is 10.1. The molecule has 0 amide bonds. The molecule has 0 N–H and O–H groups in total. The van der Waals surface area contributed by atoms with Gasteiger partial charge in [0.05, 0.1) is 17.5 Å². The Morgan fingerprint density at radius 3 is 2.88 bits per heavy atom. The summed E-state index contributed by atoms with van der Waals surface area (Å²) in [7, 11) is 1.72. The molecule has 2 rings (SSSR count). The summed E-state index contributed by atoms with van der Waals surface area (Å²) < 4.78 is 7.10. The van der Waals surface area contributed by atoms with Gasteiger partial charge in [-0.25, -0.2) is 4.79 Å². The van der Waals surface area contributed by atoms with Gasteiger partial charge in [-0.15, -0.1) is 0 Å². The van der Waals surface area contributed by atoms with Gasteiger partial charge in [0.15, 0.2) is 0 Å². The fourth-order valence-electron chi connectivity index (χ4n) is 1.70. The van der Waals surface area contributed by atoms with E-state index in [1.54, 1.807) is 7.05 Å². The van der Waals surface area contributed by atoms with Crippen LogP contribution in [0.1, 0.15) is 19.8 Å². The summed E-state index contributed by atoms with van der Waals surface area (Å²) in [5, 5.41) is 0.880. The number of rotatable bonds is 4. The van der Waals surface area contributed by atoms with E-state index in [1.807, 2.05) is 24.3 Å². The Bertz CT molecular complexity index is 575. The van der Waals surface area contributed by atoms with Crippen LogP contribution in [0.5, 0.6) is 5.88 Å². The minimum absolute atomic E-state index is 0.282. The van der Waals surface area contributed by atoms with Crippen LogP contribution in [0.3, 0.4) is 0 Å². The maximum Gasteiger partial charge on any atom is 0.351 e. The lowest BCUT2D eigenvalue weighted by Crippen LogP contribution is -2.21. The smallest absolute Gasteiger partial charge is 0.351 e. The summed E-state index contributed by atoms with van der Waals surface area (Å²) in [4.78, 5) is 15.6.